The molecule has 8 aromatic rings. The molecule has 0 saturated carbocycles. The molecule has 9 rings (SSSR count). The first kappa shape index (κ1) is 29.7. The van der Waals surface area contributed by atoms with E-state index < -0.39 is 0 Å². The van der Waals surface area contributed by atoms with Crippen LogP contribution in [0.5, 0.6) is 0 Å². The summed E-state index contributed by atoms with van der Waals surface area (Å²) in [6.07, 6.45) is 2.41. The molecule has 1 aliphatic carbocycles. The topological polar surface area (TPSA) is 3.24 Å². The van der Waals surface area contributed by atoms with Crippen molar-refractivity contribution in [2.24, 2.45) is 0 Å². The van der Waals surface area contributed by atoms with Crippen LogP contribution in [0.25, 0.3) is 54.2 Å². The minimum Gasteiger partial charge on any atom is -0.310 e. The highest BCUT2D eigenvalue weighted by Gasteiger charge is 2.37. The molecule has 1 nitrogen and oxygen atoms in total. The van der Waals surface area contributed by atoms with Crippen LogP contribution in [0.15, 0.2) is 152 Å². The first-order chi connectivity index (χ1) is 23.8. The molecule has 0 aliphatic heterocycles. The van der Waals surface area contributed by atoms with Gasteiger partial charge in [0.15, 0.2) is 0 Å². The Morgan fingerprint density at radius 1 is 0.388 bits per heavy atom. The lowest BCUT2D eigenvalue weighted by molar-refractivity contribution is 0.332. The minimum absolute atomic E-state index is 0.139. The second-order valence-corrected chi connectivity index (χ2v) is 15.2. The van der Waals surface area contributed by atoms with E-state index in [9.17, 15) is 0 Å². The molecular formula is C48H41N. The van der Waals surface area contributed by atoms with Crippen LogP contribution >= 0.6 is 0 Å². The SMILES string of the molecule is CC1(C)CCC(C)(C)c2cc3c(-c4ccccc4N(c4ccccc4)c4ccc5c6ccccc6c6ccccc6c5c4)cccc3cc21. The fourth-order valence-corrected chi connectivity index (χ4v) is 8.51. The van der Waals surface area contributed by atoms with Crippen molar-refractivity contribution in [2.45, 2.75) is 51.4 Å². The van der Waals surface area contributed by atoms with Crippen molar-refractivity contribution < 1.29 is 0 Å². The number of nitrogens with zero attached hydrogens (tertiary/aromatic N) is 1. The van der Waals surface area contributed by atoms with E-state index in [4.69, 9.17) is 0 Å². The van der Waals surface area contributed by atoms with Crippen molar-refractivity contribution >= 4 is 60.2 Å². The van der Waals surface area contributed by atoms with Crippen molar-refractivity contribution in [3.63, 3.8) is 0 Å². The molecule has 8 aromatic carbocycles. The van der Waals surface area contributed by atoms with Gasteiger partial charge in [0.1, 0.15) is 0 Å². The number of para-hydroxylation sites is 2. The second kappa shape index (κ2) is 11.1. The first-order valence-electron chi connectivity index (χ1n) is 17.7. The summed E-state index contributed by atoms with van der Waals surface area (Å²) in [7, 11) is 0. The van der Waals surface area contributed by atoms with Gasteiger partial charge in [0, 0.05) is 16.9 Å². The molecule has 49 heavy (non-hydrogen) atoms. The van der Waals surface area contributed by atoms with Gasteiger partial charge in [-0.1, -0.05) is 143 Å². The van der Waals surface area contributed by atoms with Gasteiger partial charge in [0.2, 0.25) is 0 Å². The van der Waals surface area contributed by atoms with E-state index in [-0.39, 0.29) is 10.8 Å². The summed E-state index contributed by atoms with van der Waals surface area (Å²) >= 11 is 0. The largest absolute Gasteiger partial charge is 0.310 e. The maximum atomic E-state index is 2.53. The van der Waals surface area contributed by atoms with Crippen LogP contribution in [-0.4, -0.2) is 0 Å². The van der Waals surface area contributed by atoms with Crippen LogP contribution < -0.4 is 4.90 Å². The van der Waals surface area contributed by atoms with E-state index in [1.54, 1.807) is 0 Å². The van der Waals surface area contributed by atoms with Crippen LogP contribution in [0.3, 0.4) is 0 Å². The van der Waals surface area contributed by atoms with E-state index in [2.05, 4.69) is 184 Å². The second-order valence-electron chi connectivity index (χ2n) is 15.2. The zero-order chi connectivity index (χ0) is 33.3. The standard InChI is InChI=1S/C48H41N/c1-47(2)27-28-48(3,4)45-31-42-32(29-44(45)47)15-14-23-39(42)41-22-12-13-24-46(41)49(33-16-6-5-7-17-33)34-25-26-40-37-20-9-8-18-35(37)36-19-10-11-21-38(36)43(40)30-34/h5-26,29-31H,27-28H2,1-4H3. The molecule has 238 valence electrons. The third-order valence-corrected chi connectivity index (χ3v) is 11.3. The average Bonchev–Trinajstić information content (AvgIpc) is 3.14. The van der Waals surface area contributed by atoms with Crippen LogP contribution in [0.1, 0.15) is 51.7 Å². The highest BCUT2D eigenvalue weighted by Crippen LogP contribution is 2.49. The van der Waals surface area contributed by atoms with E-state index in [1.807, 2.05) is 0 Å². The van der Waals surface area contributed by atoms with Crippen molar-refractivity contribution in [3.8, 4) is 11.1 Å². The molecule has 0 unspecified atom stereocenters. The molecular weight excluding hydrogens is 591 g/mol. The number of fused-ring (bicyclic) bond motifs is 8. The first-order valence-corrected chi connectivity index (χ1v) is 17.7. The van der Waals surface area contributed by atoms with Gasteiger partial charge >= 0.3 is 0 Å². The molecule has 0 amide bonds. The fraction of sp³-hybridized carbons (Fsp3) is 0.167. The lowest BCUT2D eigenvalue weighted by Gasteiger charge is -2.42. The van der Waals surface area contributed by atoms with Gasteiger partial charge in [-0.05, 0) is 120 Å². The third kappa shape index (κ3) is 4.75. The fourth-order valence-electron chi connectivity index (χ4n) is 8.51. The van der Waals surface area contributed by atoms with Crippen molar-refractivity contribution in [2.75, 3.05) is 4.90 Å². The van der Waals surface area contributed by atoms with Crippen LogP contribution in [-0.2, 0) is 10.8 Å². The quantitative estimate of drug-likeness (QED) is 0.175. The van der Waals surface area contributed by atoms with Crippen molar-refractivity contribution in [1.82, 2.24) is 0 Å². The lowest BCUT2D eigenvalue weighted by Crippen LogP contribution is -2.33. The maximum Gasteiger partial charge on any atom is 0.0540 e. The zero-order valence-electron chi connectivity index (χ0n) is 28.8. The molecule has 0 radical (unpaired) electrons. The Labute approximate surface area is 289 Å². The van der Waals surface area contributed by atoms with Gasteiger partial charge in [0.25, 0.3) is 0 Å². The Morgan fingerprint density at radius 3 is 1.59 bits per heavy atom. The van der Waals surface area contributed by atoms with Gasteiger partial charge in [-0.3, -0.25) is 0 Å². The Hall–Kier alpha value is -5.40. The maximum absolute atomic E-state index is 2.53. The summed E-state index contributed by atoms with van der Waals surface area (Å²) in [5, 5.41) is 10.3. The summed E-state index contributed by atoms with van der Waals surface area (Å²) < 4.78 is 0. The number of anilines is 3. The van der Waals surface area contributed by atoms with E-state index >= 15 is 0 Å². The normalized spacial score (nSPS) is 15.1. The van der Waals surface area contributed by atoms with E-state index in [0.29, 0.717) is 0 Å². The molecule has 0 saturated heterocycles. The van der Waals surface area contributed by atoms with E-state index in [1.165, 1.54) is 83.9 Å². The molecule has 0 bridgehead atoms. The number of hydrogen-bond donors (Lipinski definition) is 0. The Bertz CT molecular complexity index is 2520. The van der Waals surface area contributed by atoms with Crippen LogP contribution in [0.4, 0.5) is 17.1 Å². The van der Waals surface area contributed by atoms with Crippen LogP contribution in [0.2, 0.25) is 0 Å². The number of benzene rings is 8. The summed E-state index contributed by atoms with van der Waals surface area (Å²) in [6.45, 7) is 9.68. The molecule has 1 heteroatoms. The Kier molecular flexibility index (Phi) is 6.71. The highest BCUT2D eigenvalue weighted by atomic mass is 15.1. The van der Waals surface area contributed by atoms with Crippen molar-refractivity contribution in [1.29, 1.82) is 0 Å². The molecule has 0 fully saturated rings. The average molecular weight is 632 g/mol. The summed E-state index contributed by atoms with van der Waals surface area (Å²) in [4.78, 5) is 2.45. The number of hydrogen-bond acceptors (Lipinski definition) is 1. The monoisotopic (exact) mass is 631 g/mol. The predicted molar refractivity (Wildman–Crippen MR) is 212 cm³/mol. The molecule has 0 aromatic heterocycles. The smallest absolute Gasteiger partial charge is 0.0540 e. The van der Waals surface area contributed by atoms with Gasteiger partial charge in [-0.15, -0.1) is 0 Å². The molecule has 0 spiro atoms. The molecule has 0 N–H and O–H groups in total. The van der Waals surface area contributed by atoms with Gasteiger partial charge < -0.3 is 4.90 Å². The van der Waals surface area contributed by atoms with Gasteiger partial charge in [-0.25, -0.2) is 0 Å². The van der Waals surface area contributed by atoms with E-state index in [0.717, 1.165) is 11.4 Å². The Balaban J connectivity index is 1.30. The molecule has 1 aliphatic rings. The predicted octanol–water partition coefficient (Wildman–Crippen LogP) is 13.8. The third-order valence-electron chi connectivity index (χ3n) is 11.3. The zero-order valence-corrected chi connectivity index (χ0v) is 28.8. The van der Waals surface area contributed by atoms with Gasteiger partial charge in [0.05, 0.1) is 5.69 Å². The molecule has 0 atom stereocenters. The summed E-state index contributed by atoms with van der Waals surface area (Å²) in [6, 6.07) is 56.4. The van der Waals surface area contributed by atoms with Crippen molar-refractivity contribution in [3.05, 3.63) is 163 Å². The Morgan fingerprint density at radius 2 is 0.918 bits per heavy atom. The molecule has 0 heterocycles. The summed E-state index contributed by atoms with van der Waals surface area (Å²) in [5.41, 5.74) is 9.26. The van der Waals surface area contributed by atoms with Crippen LogP contribution in [0, 0.1) is 0 Å². The number of rotatable bonds is 4. The van der Waals surface area contributed by atoms with Gasteiger partial charge in [-0.2, -0.15) is 0 Å². The highest BCUT2D eigenvalue weighted by molar-refractivity contribution is 6.25. The summed E-state index contributed by atoms with van der Waals surface area (Å²) in [5.74, 6) is 0. The minimum atomic E-state index is 0.139. The lowest BCUT2D eigenvalue weighted by atomic mass is 9.62.